The van der Waals surface area contributed by atoms with E-state index in [1.54, 1.807) is 0 Å². The van der Waals surface area contributed by atoms with Crippen molar-refractivity contribution >= 4 is 5.78 Å². The molecule has 1 N–H and O–H groups in total. The molecule has 1 aliphatic rings. The molecule has 0 aliphatic heterocycles. The Hall–Kier alpha value is -1.77. The molecule has 0 saturated heterocycles. The standard InChI is InChI=1S/C13H10N.C5H8O2.Ir/c1-2-6-12-10(4-1)7-8-11-5-3-9-14-13(11)12;1-4(6)3-5(2)7;/h1-5,9H,7-8H2;3,6H,1-2H3;/q-1;;. The zero-order valence-corrected chi connectivity index (χ0v) is 15.0. The molecule has 1 aromatic heterocycles. The topological polar surface area (TPSA) is 50.2 Å². The molecule has 0 unspecified atom stereocenters. The number of allylic oxidation sites excluding steroid dienone is 2. The SMILES string of the molecule is CC(=O)C=C(C)O.[Ir].[c-]1cccc2c1-c1ncccc1CC2. The Labute approximate surface area is 144 Å². The molecular formula is C18H18IrNO2-. The van der Waals surface area contributed by atoms with Crippen LogP contribution in [0.4, 0.5) is 0 Å². The molecule has 22 heavy (non-hydrogen) atoms. The fraction of sp³-hybridized carbons (Fsp3) is 0.222. The summed E-state index contributed by atoms with van der Waals surface area (Å²) in [6.45, 7) is 2.85. The molecule has 0 bridgehead atoms. The minimum Gasteiger partial charge on any atom is -0.512 e. The van der Waals surface area contributed by atoms with Gasteiger partial charge in [-0.25, -0.2) is 0 Å². The number of aryl methyl sites for hydroxylation is 2. The molecule has 0 amide bonds. The van der Waals surface area contributed by atoms with Crippen molar-refractivity contribution in [1.29, 1.82) is 0 Å². The van der Waals surface area contributed by atoms with Crippen LogP contribution in [0.3, 0.4) is 0 Å². The van der Waals surface area contributed by atoms with Crippen LogP contribution in [0.2, 0.25) is 0 Å². The smallest absolute Gasteiger partial charge is 0.155 e. The van der Waals surface area contributed by atoms with Gasteiger partial charge in [0.15, 0.2) is 5.78 Å². The second-order valence-corrected chi connectivity index (χ2v) is 4.98. The third-order valence-electron chi connectivity index (χ3n) is 3.15. The van der Waals surface area contributed by atoms with Crippen LogP contribution in [0.25, 0.3) is 11.3 Å². The van der Waals surface area contributed by atoms with Gasteiger partial charge < -0.3 is 10.1 Å². The Balaban J connectivity index is 0.000000264. The third-order valence-corrected chi connectivity index (χ3v) is 3.15. The van der Waals surface area contributed by atoms with Gasteiger partial charge in [-0.15, -0.1) is 35.4 Å². The fourth-order valence-electron chi connectivity index (χ4n) is 2.33. The first-order valence-corrected chi connectivity index (χ1v) is 6.89. The van der Waals surface area contributed by atoms with E-state index >= 15 is 0 Å². The number of pyridine rings is 1. The number of ketones is 1. The van der Waals surface area contributed by atoms with Crippen molar-refractivity contribution < 1.29 is 30.0 Å². The number of hydrogen-bond acceptors (Lipinski definition) is 3. The number of aliphatic hydroxyl groups excluding tert-OH is 1. The van der Waals surface area contributed by atoms with Crippen LogP contribution in [-0.2, 0) is 37.7 Å². The van der Waals surface area contributed by atoms with Gasteiger partial charge in [0.25, 0.3) is 0 Å². The predicted octanol–water partition coefficient (Wildman–Crippen LogP) is 3.68. The Morgan fingerprint density at radius 2 is 1.91 bits per heavy atom. The summed E-state index contributed by atoms with van der Waals surface area (Å²) < 4.78 is 0. The van der Waals surface area contributed by atoms with Gasteiger partial charge in [-0.3, -0.25) is 4.79 Å². The van der Waals surface area contributed by atoms with Gasteiger partial charge in [-0.2, -0.15) is 0 Å². The molecule has 4 heteroatoms. The van der Waals surface area contributed by atoms with Crippen LogP contribution in [0, 0.1) is 6.07 Å². The predicted molar refractivity (Wildman–Crippen MR) is 83.0 cm³/mol. The van der Waals surface area contributed by atoms with Crippen molar-refractivity contribution in [3.8, 4) is 11.3 Å². The van der Waals surface area contributed by atoms with E-state index in [1.165, 1.54) is 36.6 Å². The number of fused-ring (bicyclic) bond motifs is 3. The molecule has 0 saturated carbocycles. The minimum absolute atomic E-state index is 0. The minimum atomic E-state index is -0.125. The van der Waals surface area contributed by atoms with Crippen LogP contribution in [0.5, 0.6) is 0 Å². The van der Waals surface area contributed by atoms with E-state index in [4.69, 9.17) is 5.11 Å². The Morgan fingerprint density at radius 3 is 2.55 bits per heavy atom. The number of carbonyl (C=O) groups excluding carboxylic acids is 1. The molecule has 1 aromatic carbocycles. The zero-order valence-electron chi connectivity index (χ0n) is 12.6. The Morgan fingerprint density at radius 1 is 1.23 bits per heavy atom. The molecule has 1 heterocycles. The first-order chi connectivity index (χ1) is 10.1. The summed E-state index contributed by atoms with van der Waals surface area (Å²) in [6, 6.07) is 13.6. The fourth-order valence-corrected chi connectivity index (χ4v) is 2.33. The maximum atomic E-state index is 10.0. The molecule has 0 atom stereocenters. The van der Waals surface area contributed by atoms with Crippen LogP contribution in [-0.4, -0.2) is 15.9 Å². The number of nitrogens with zero attached hydrogens (tertiary/aromatic N) is 1. The van der Waals surface area contributed by atoms with Gasteiger partial charge in [0.2, 0.25) is 0 Å². The molecular weight excluding hydrogens is 454 g/mol. The van der Waals surface area contributed by atoms with E-state index < -0.39 is 0 Å². The van der Waals surface area contributed by atoms with E-state index in [-0.39, 0.29) is 31.6 Å². The summed E-state index contributed by atoms with van der Waals surface area (Å²) in [6.07, 6.45) is 5.24. The Bertz CT molecular complexity index is 631. The van der Waals surface area contributed by atoms with Crippen molar-refractivity contribution in [3.63, 3.8) is 0 Å². The summed E-state index contributed by atoms with van der Waals surface area (Å²) in [4.78, 5) is 14.4. The maximum absolute atomic E-state index is 10.0. The van der Waals surface area contributed by atoms with Gasteiger partial charge in [-0.05, 0) is 32.0 Å². The summed E-state index contributed by atoms with van der Waals surface area (Å²) in [5, 5.41) is 8.36. The molecule has 0 fully saturated rings. The van der Waals surface area contributed by atoms with Gasteiger partial charge in [0.1, 0.15) is 0 Å². The van der Waals surface area contributed by atoms with Crippen molar-refractivity contribution in [2.45, 2.75) is 26.7 Å². The number of hydrogen-bond donors (Lipinski definition) is 1. The van der Waals surface area contributed by atoms with Crippen LogP contribution >= 0.6 is 0 Å². The second-order valence-electron chi connectivity index (χ2n) is 4.98. The summed E-state index contributed by atoms with van der Waals surface area (Å²) in [5.41, 5.74) is 5.03. The van der Waals surface area contributed by atoms with Crippen molar-refractivity contribution in [3.05, 3.63) is 65.6 Å². The molecule has 2 aromatic rings. The number of carbonyl (C=O) groups is 1. The largest absolute Gasteiger partial charge is 0.512 e. The van der Waals surface area contributed by atoms with E-state index in [2.05, 4.69) is 23.2 Å². The van der Waals surface area contributed by atoms with Crippen molar-refractivity contribution in [2.75, 3.05) is 0 Å². The average molecular weight is 473 g/mol. The molecule has 117 valence electrons. The van der Waals surface area contributed by atoms with Gasteiger partial charge in [0, 0.05) is 32.4 Å². The number of aliphatic hydroxyl groups is 1. The van der Waals surface area contributed by atoms with E-state index in [9.17, 15) is 4.79 Å². The average Bonchev–Trinajstić information content (AvgIpc) is 2.46. The molecule has 0 spiro atoms. The van der Waals surface area contributed by atoms with Crippen molar-refractivity contribution in [2.24, 2.45) is 0 Å². The number of benzene rings is 1. The second kappa shape index (κ2) is 8.62. The first kappa shape index (κ1) is 18.3. The summed E-state index contributed by atoms with van der Waals surface area (Å²) in [7, 11) is 0. The van der Waals surface area contributed by atoms with Gasteiger partial charge in [0.05, 0.1) is 5.76 Å². The van der Waals surface area contributed by atoms with Crippen molar-refractivity contribution in [1.82, 2.24) is 4.98 Å². The Kier molecular flexibility index (Phi) is 7.16. The van der Waals surface area contributed by atoms with Crippen LogP contribution in [0.15, 0.2) is 48.4 Å². The van der Waals surface area contributed by atoms with E-state index in [1.807, 2.05) is 24.4 Å². The molecule has 1 aliphatic carbocycles. The zero-order chi connectivity index (χ0) is 15.2. The third kappa shape index (κ3) is 4.90. The normalized spacial score (nSPS) is 12.0. The maximum Gasteiger partial charge on any atom is 0.155 e. The van der Waals surface area contributed by atoms with Crippen LogP contribution < -0.4 is 0 Å². The number of rotatable bonds is 1. The quantitative estimate of drug-likeness (QED) is 0.391. The summed E-state index contributed by atoms with van der Waals surface area (Å²) >= 11 is 0. The van der Waals surface area contributed by atoms with Gasteiger partial charge in [-0.1, -0.05) is 18.1 Å². The van der Waals surface area contributed by atoms with E-state index in [0.29, 0.717) is 0 Å². The molecule has 1 radical (unpaired) electrons. The van der Waals surface area contributed by atoms with Gasteiger partial charge >= 0.3 is 0 Å². The molecule has 3 rings (SSSR count). The number of aromatic nitrogens is 1. The summed E-state index contributed by atoms with van der Waals surface area (Å²) in [5.74, 6) is -0.0625. The van der Waals surface area contributed by atoms with Crippen LogP contribution in [0.1, 0.15) is 25.0 Å². The van der Waals surface area contributed by atoms with E-state index in [0.717, 1.165) is 18.5 Å². The monoisotopic (exact) mass is 473 g/mol. The first-order valence-electron chi connectivity index (χ1n) is 6.89. The molecule has 3 nitrogen and oxygen atoms in total.